The molecule has 4 nitrogen and oxygen atoms in total. The molecule has 0 bridgehead atoms. The van der Waals surface area contributed by atoms with Gasteiger partial charge in [-0.05, 0) is 31.5 Å². The van der Waals surface area contributed by atoms with E-state index in [9.17, 15) is 4.79 Å². The minimum atomic E-state index is 0. The Morgan fingerprint density at radius 1 is 1.45 bits per heavy atom. The first-order valence-corrected chi connectivity index (χ1v) is 7.97. The SMILES string of the molecule is CCCN(C(=O)CCOc1ccccc1Cl)C1CCNC1.Cl. The molecule has 124 valence electrons. The molecule has 1 saturated heterocycles. The van der Waals surface area contributed by atoms with Crippen LogP contribution in [0, 0.1) is 0 Å². The highest BCUT2D eigenvalue weighted by Gasteiger charge is 2.25. The Labute approximate surface area is 143 Å². The molecule has 1 aliphatic rings. The zero-order valence-electron chi connectivity index (χ0n) is 12.9. The molecule has 22 heavy (non-hydrogen) atoms. The Kier molecular flexibility index (Phi) is 8.61. The summed E-state index contributed by atoms with van der Waals surface area (Å²) in [5, 5.41) is 3.89. The van der Waals surface area contributed by atoms with Crippen LogP contribution >= 0.6 is 24.0 Å². The van der Waals surface area contributed by atoms with Crippen LogP contribution in [-0.2, 0) is 4.79 Å². The molecule has 6 heteroatoms. The predicted molar refractivity (Wildman–Crippen MR) is 92.1 cm³/mol. The van der Waals surface area contributed by atoms with E-state index >= 15 is 0 Å². The van der Waals surface area contributed by atoms with Gasteiger partial charge in [-0.2, -0.15) is 0 Å². The van der Waals surface area contributed by atoms with Crippen molar-refractivity contribution in [3.63, 3.8) is 0 Å². The van der Waals surface area contributed by atoms with Crippen molar-refractivity contribution in [2.24, 2.45) is 0 Å². The molecule has 1 aliphatic heterocycles. The topological polar surface area (TPSA) is 41.6 Å². The zero-order valence-corrected chi connectivity index (χ0v) is 14.5. The van der Waals surface area contributed by atoms with Crippen molar-refractivity contribution in [2.75, 3.05) is 26.2 Å². The van der Waals surface area contributed by atoms with Crippen molar-refractivity contribution < 1.29 is 9.53 Å². The summed E-state index contributed by atoms with van der Waals surface area (Å²) in [6.45, 7) is 5.18. The molecule has 1 aromatic rings. The van der Waals surface area contributed by atoms with Gasteiger partial charge in [-0.15, -0.1) is 12.4 Å². The standard InChI is InChI=1S/C16H23ClN2O2.ClH/c1-2-10-19(13-7-9-18-12-13)16(20)8-11-21-15-6-4-3-5-14(15)17;/h3-6,13,18H,2,7-12H2,1H3;1H. The van der Waals surface area contributed by atoms with Gasteiger partial charge in [0.25, 0.3) is 0 Å². The molecule has 1 aromatic carbocycles. The second-order valence-corrected chi connectivity index (χ2v) is 5.67. The van der Waals surface area contributed by atoms with Crippen LogP contribution < -0.4 is 10.1 Å². The summed E-state index contributed by atoms with van der Waals surface area (Å²) in [5.74, 6) is 0.800. The van der Waals surface area contributed by atoms with Crippen molar-refractivity contribution >= 4 is 29.9 Å². The van der Waals surface area contributed by atoms with Crippen molar-refractivity contribution in [2.45, 2.75) is 32.2 Å². The van der Waals surface area contributed by atoms with Crippen molar-refractivity contribution in [1.82, 2.24) is 10.2 Å². The van der Waals surface area contributed by atoms with E-state index in [0.717, 1.165) is 32.5 Å². The summed E-state index contributed by atoms with van der Waals surface area (Å²) in [7, 11) is 0. The van der Waals surface area contributed by atoms with Gasteiger partial charge in [0, 0.05) is 19.1 Å². The minimum absolute atomic E-state index is 0. The number of halogens is 2. The van der Waals surface area contributed by atoms with E-state index in [2.05, 4.69) is 12.2 Å². The molecular formula is C16H24Cl2N2O2. The van der Waals surface area contributed by atoms with Crippen LogP contribution in [-0.4, -0.2) is 43.1 Å². The number of nitrogens with zero attached hydrogens (tertiary/aromatic N) is 1. The van der Waals surface area contributed by atoms with E-state index in [1.807, 2.05) is 23.1 Å². The third kappa shape index (κ3) is 5.34. The van der Waals surface area contributed by atoms with Gasteiger partial charge >= 0.3 is 0 Å². The number of amides is 1. The van der Waals surface area contributed by atoms with Crippen molar-refractivity contribution in [3.05, 3.63) is 29.3 Å². The van der Waals surface area contributed by atoms with Crippen LogP contribution in [0.2, 0.25) is 5.02 Å². The second-order valence-electron chi connectivity index (χ2n) is 5.26. The predicted octanol–water partition coefficient (Wildman–Crippen LogP) is 3.13. The van der Waals surface area contributed by atoms with E-state index in [-0.39, 0.29) is 18.3 Å². The van der Waals surface area contributed by atoms with Gasteiger partial charge in [-0.3, -0.25) is 4.79 Å². The molecule has 0 saturated carbocycles. The van der Waals surface area contributed by atoms with E-state index in [0.29, 0.717) is 29.8 Å². The normalized spacial score (nSPS) is 16.9. The molecule has 2 rings (SSSR count). The number of carbonyl (C=O) groups is 1. The number of benzene rings is 1. The number of hydrogen-bond acceptors (Lipinski definition) is 3. The van der Waals surface area contributed by atoms with Crippen molar-refractivity contribution in [1.29, 1.82) is 0 Å². The maximum atomic E-state index is 12.4. The number of carbonyl (C=O) groups excluding carboxylic acids is 1. The van der Waals surface area contributed by atoms with Gasteiger partial charge in [0.05, 0.1) is 18.1 Å². The third-order valence-corrected chi connectivity index (χ3v) is 3.98. The summed E-state index contributed by atoms with van der Waals surface area (Å²) in [6.07, 6.45) is 2.41. The van der Waals surface area contributed by atoms with Crippen LogP contribution in [0.3, 0.4) is 0 Å². The number of rotatable bonds is 7. The molecule has 0 spiro atoms. The number of para-hydroxylation sites is 1. The highest BCUT2D eigenvalue weighted by atomic mass is 35.5. The first-order valence-electron chi connectivity index (χ1n) is 7.60. The second kappa shape index (κ2) is 9.93. The van der Waals surface area contributed by atoms with Crippen LogP contribution in [0.25, 0.3) is 0 Å². The van der Waals surface area contributed by atoms with E-state index < -0.39 is 0 Å². The van der Waals surface area contributed by atoms with Crippen LogP contribution in [0.5, 0.6) is 5.75 Å². The highest BCUT2D eigenvalue weighted by Crippen LogP contribution is 2.23. The molecule has 0 aliphatic carbocycles. The lowest BCUT2D eigenvalue weighted by atomic mass is 10.2. The zero-order chi connectivity index (χ0) is 15.1. The monoisotopic (exact) mass is 346 g/mol. The highest BCUT2D eigenvalue weighted by molar-refractivity contribution is 6.32. The number of ether oxygens (including phenoxy) is 1. The Hall–Kier alpha value is -0.970. The smallest absolute Gasteiger partial charge is 0.226 e. The molecule has 0 radical (unpaired) electrons. The van der Waals surface area contributed by atoms with Gasteiger partial charge < -0.3 is 15.0 Å². The number of hydrogen-bond donors (Lipinski definition) is 1. The molecule has 1 heterocycles. The summed E-state index contributed by atoms with van der Waals surface area (Å²) in [4.78, 5) is 14.4. The van der Waals surface area contributed by atoms with Crippen molar-refractivity contribution in [3.8, 4) is 5.75 Å². The van der Waals surface area contributed by atoms with Gasteiger partial charge in [0.2, 0.25) is 5.91 Å². The molecule has 0 aromatic heterocycles. The average molecular weight is 347 g/mol. The first kappa shape index (κ1) is 19.1. The fraction of sp³-hybridized carbons (Fsp3) is 0.562. The third-order valence-electron chi connectivity index (χ3n) is 3.67. The maximum Gasteiger partial charge on any atom is 0.226 e. The van der Waals surface area contributed by atoms with Gasteiger partial charge in [0.1, 0.15) is 5.75 Å². The lowest BCUT2D eigenvalue weighted by molar-refractivity contribution is -0.133. The molecular weight excluding hydrogens is 323 g/mol. The maximum absolute atomic E-state index is 12.4. The van der Waals surface area contributed by atoms with Crippen LogP contribution in [0.15, 0.2) is 24.3 Å². The van der Waals surface area contributed by atoms with Gasteiger partial charge in [-0.1, -0.05) is 30.7 Å². The lowest BCUT2D eigenvalue weighted by Gasteiger charge is -2.28. The fourth-order valence-electron chi connectivity index (χ4n) is 2.61. The van der Waals surface area contributed by atoms with Crippen LogP contribution in [0.4, 0.5) is 0 Å². The molecule has 1 unspecified atom stereocenters. The van der Waals surface area contributed by atoms with E-state index in [1.165, 1.54) is 0 Å². The lowest BCUT2D eigenvalue weighted by Crippen LogP contribution is -2.42. The molecule has 1 atom stereocenters. The Morgan fingerprint density at radius 2 is 2.23 bits per heavy atom. The summed E-state index contributed by atoms with van der Waals surface area (Å²) in [6, 6.07) is 7.66. The first-order chi connectivity index (χ1) is 10.2. The number of nitrogens with one attached hydrogen (secondary N) is 1. The molecule has 1 fully saturated rings. The summed E-state index contributed by atoms with van der Waals surface area (Å²) in [5.41, 5.74) is 0. The summed E-state index contributed by atoms with van der Waals surface area (Å²) >= 11 is 6.03. The van der Waals surface area contributed by atoms with E-state index in [1.54, 1.807) is 6.07 Å². The quantitative estimate of drug-likeness (QED) is 0.824. The van der Waals surface area contributed by atoms with Crippen LogP contribution in [0.1, 0.15) is 26.2 Å². The van der Waals surface area contributed by atoms with Gasteiger partial charge in [-0.25, -0.2) is 0 Å². The Morgan fingerprint density at radius 3 is 2.86 bits per heavy atom. The minimum Gasteiger partial charge on any atom is -0.491 e. The molecule has 1 N–H and O–H groups in total. The van der Waals surface area contributed by atoms with E-state index in [4.69, 9.17) is 16.3 Å². The van der Waals surface area contributed by atoms with Gasteiger partial charge in [0.15, 0.2) is 0 Å². The molecule has 1 amide bonds. The Balaban J connectivity index is 0.00000242. The average Bonchev–Trinajstić information content (AvgIpc) is 3.00. The fourth-order valence-corrected chi connectivity index (χ4v) is 2.80. The largest absolute Gasteiger partial charge is 0.491 e. The Bertz CT molecular complexity index is 465. The summed E-state index contributed by atoms with van der Waals surface area (Å²) < 4.78 is 5.60.